The summed E-state index contributed by atoms with van der Waals surface area (Å²) in [5.41, 5.74) is 2.81. The number of hydrogen-bond donors (Lipinski definition) is 1. The van der Waals surface area contributed by atoms with Gasteiger partial charge in [0.1, 0.15) is 5.82 Å². The molecule has 2 aromatic rings. The van der Waals surface area contributed by atoms with E-state index in [1.165, 1.54) is 6.07 Å². The van der Waals surface area contributed by atoms with Crippen molar-refractivity contribution in [1.82, 2.24) is 5.32 Å². The maximum Gasteiger partial charge on any atom is 0.126 e. The van der Waals surface area contributed by atoms with Crippen LogP contribution in [0.25, 0.3) is 0 Å². The fourth-order valence-electron chi connectivity index (χ4n) is 2.09. The molecule has 0 aliphatic rings. The van der Waals surface area contributed by atoms with Crippen molar-refractivity contribution < 1.29 is 4.39 Å². The summed E-state index contributed by atoms with van der Waals surface area (Å²) in [6, 6.07) is 11.3. The van der Waals surface area contributed by atoms with Gasteiger partial charge < -0.3 is 5.32 Å². The zero-order valence-electron chi connectivity index (χ0n) is 10.7. The summed E-state index contributed by atoms with van der Waals surface area (Å²) in [6.45, 7) is 1.78. The van der Waals surface area contributed by atoms with Crippen molar-refractivity contribution in [3.05, 3.63) is 67.9 Å². The highest BCUT2D eigenvalue weighted by molar-refractivity contribution is 9.11. The first-order valence-corrected chi connectivity index (χ1v) is 7.50. The van der Waals surface area contributed by atoms with Crippen LogP contribution in [0.4, 0.5) is 4.39 Å². The summed E-state index contributed by atoms with van der Waals surface area (Å²) in [6.07, 6.45) is 0. The van der Waals surface area contributed by atoms with Crippen molar-refractivity contribution in [3.8, 4) is 0 Å². The first kappa shape index (κ1) is 14.7. The molecule has 0 radical (unpaired) electrons. The highest BCUT2D eigenvalue weighted by atomic mass is 79.9. The number of rotatable bonds is 3. The normalized spacial score (nSPS) is 12.5. The molecule has 0 aliphatic heterocycles. The molecule has 4 heteroatoms. The molecule has 0 bridgehead atoms. The highest BCUT2D eigenvalue weighted by Crippen LogP contribution is 2.31. The Hall–Kier alpha value is -0.710. The molecule has 2 rings (SSSR count). The minimum Gasteiger partial charge on any atom is -0.309 e. The Labute approximate surface area is 129 Å². The van der Waals surface area contributed by atoms with E-state index in [1.54, 1.807) is 6.92 Å². The van der Waals surface area contributed by atoms with Crippen LogP contribution >= 0.6 is 31.9 Å². The zero-order chi connectivity index (χ0) is 14.0. The standard InChI is InChI=1S/C15H14Br2FN/c1-9-7-10(3-6-14(9)18)15(19-2)12-8-11(16)4-5-13(12)17/h3-8,15,19H,1-2H3. The van der Waals surface area contributed by atoms with E-state index in [9.17, 15) is 4.39 Å². The van der Waals surface area contributed by atoms with Gasteiger partial charge in [0.05, 0.1) is 6.04 Å². The Balaban J connectivity index is 2.49. The largest absolute Gasteiger partial charge is 0.309 e. The van der Waals surface area contributed by atoms with Crippen LogP contribution < -0.4 is 5.32 Å². The molecule has 1 N–H and O–H groups in total. The number of nitrogens with one attached hydrogen (secondary N) is 1. The lowest BCUT2D eigenvalue weighted by Gasteiger charge is -2.19. The number of hydrogen-bond acceptors (Lipinski definition) is 1. The lowest BCUT2D eigenvalue weighted by molar-refractivity contribution is 0.614. The van der Waals surface area contributed by atoms with Crippen molar-refractivity contribution in [2.75, 3.05) is 7.05 Å². The van der Waals surface area contributed by atoms with Crippen LogP contribution in [0.3, 0.4) is 0 Å². The quantitative estimate of drug-likeness (QED) is 0.785. The third-order valence-corrected chi connectivity index (χ3v) is 4.29. The molecule has 0 saturated carbocycles. The average molecular weight is 387 g/mol. The summed E-state index contributed by atoms with van der Waals surface area (Å²) in [7, 11) is 1.90. The van der Waals surface area contributed by atoms with E-state index in [0.29, 0.717) is 5.56 Å². The summed E-state index contributed by atoms with van der Waals surface area (Å²) in [5, 5.41) is 3.28. The van der Waals surface area contributed by atoms with E-state index in [1.807, 2.05) is 31.3 Å². The maximum absolute atomic E-state index is 13.4. The van der Waals surface area contributed by atoms with E-state index in [-0.39, 0.29) is 11.9 Å². The molecule has 0 heterocycles. The van der Waals surface area contributed by atoms with Crippen molar-refractivity contribution in [3.63, 3.8) is 0 Å². The second kappa shape index (κ2) is 6.16. The molecular formula is C15H14Br2FN. The second-order valence-electron chi connectivity index (χ2n) is 4.40. The summed E-state index contributed by atoms with van der Waals surface area (Å²) in [5.74, 6) is -0.174. The summed E-state index contributed by atoms with van der Waals surface area (Å²) < 4.78 is 15.4. The molecular weight excluding hydrogens is 373 g/mol. The van der Waals surface area contributed by atoms with E-state index >= 15 is 0 Å². The molecule has 0 amide bonds. The average Bonchev–Trinajstić information content (AvgIpc) is 2.38. The lowest BCUT2D eigenvalue weighted by atomic mass is 9.97. The van der Waals surface area contributed by atoms with Gasteiger partial charge in [-0.2, -0.15) is 0 Å². The second-order valence-corrected chi connectivity index (χ2v) is 6.17. The van der Waals surface area contributed by atoms with Gasteiger partial charge in [-0.15, -0.1) is 0 Å². The molecule has 2 aromatic carbocycles. The minimum atomic E-state index is -0.174. The number of aryl methyl sites for hydroxylation is 1. The fraction of sp³-hybridized carbons (Fsp3) is 0.200. The van der Waals surface area contributed by atoms with Crippen LogP contribution in [0.15, 0.2) is 45.3 Å². The van der Waals surface area contributed by atoms with Crippen LogP contribution in [-0.4, -0.2) is 7.05 Å². The van der Waals surface area contributed by atoms with Gasteiger partial charge in [0.2, 0.25) is 0 Å². The van der Waals surface area contributed by atoms with Gasteiger partial charge in [0.25, 0.3) is 0 Å². The predicted octanol–water partition coefficient (Wildman–Crippen LogP) is 4.97. The van der Waals surface area contributed by atoms with Crippen LogP contribution in [-0.2, 0) is 0 Å². The van der Waals surface area contributed by atoms with Crippen molar-refractivity contribution >= 4 is 31.9 Å². The molecule has 0 aromatic heterocycles. The molecule has 1 atom stereocenters. The van der Waals surface area contributed by atoms with Gasteiger partial charge in [-0.05, 0) is 54.9 Å². The number of halogens is 3. The fourth-order valence-corrected chi connectivity index (χ4v) is 2.94. The molecule has 1 unspecified atom stereocenters. The lowest BCUT2D eigenvalue weighted by Crippen LogP contribution is -2.18. The first-order valence-electron chi connectivity index (χ1n) is 5.91. The van der Waals surface area contributed by atoms with Crippen LogP contribution in [0.5, 0.6) is 0 Å². The third kappa shape index (κ3) is 3.25. The molecule has 19 heavy (non-hydrogen) atoms. The van der Waals surface area contributed by atoms with E-state index in [4.69, 9.17) is 0 Å². The number of benzene rings is 2. The topological polar surface area (TPSA) is 12.0 Å². The van der Waals surface area contributed by atoms with Gasteiger partial charge in [-0.25, -0.2) is 4.39 Å². The Morgan fingerprint density at radius 3 is 2.47 bits per heavy atom. The Bertz CT molecular complexity index is 599. The van der Waals surface area contributed by atoms with Gasteiger partial charge in [-0.3, -0.25) is 0 Å². The smallest absolute Gasteiger partial charge is 0.126 e. The minimum absolute atomic E-state index is 0.0196. The Kier molecular flexibility index (Phi) is 4.76. The van der Waals surface area contributed by atoms with Crippen LogP contribution in [0, 0.1) is 12.7 Å². The molecule has 0 fully saturated rings. The SMILES string of the molecule is CNC(c1ccc(F)c(C)c1)c1cc(Br)ccc1Br. The van der Waals surface area contributed by atoms with Crippen molar-refractivity contribution in [1.29, 1.82) is 0 Å². The van der Waals surface area contributed by atoms with E-state index < -0.39 is 0 Å². The van der Waals surface area contributed by atoms with Gasteiger partial charge >= 0.3 is 0 Å². The van der Waals surface area contributed by atoms with E-state index in [0.717, 1.165) is 20.1 Å². The monoisotopic (exact) mass is 385 g/mol. The van der Waals surface area contributed by atoms with Crippen molar-refractivity contribution in [2.24, 2.45) is 0 Å². The summed E-state index contributed by atoms with van der Waals surface area (Å²) >= 11 is 7.05. The van der Waals surface area contributed by atoms with Crippen LogP contribution in [0.1, 0.15) is 22.7 Å². The van der Waals surface area contributed by atoms with Crippen LogP contribution in [0.2, 0.25) is 0 Å². The summed E-state index contributed by atoms with van der Waals surface area (Å²) in [4.78, 5) is 0. The van der Waals surface area contributed by atoms with Gasteiger partial charge in [0.15, 0.2) is 0 Å². The third-order valence-electron chi connectivity index (χ3n) is 3.07. The Morgan fingerprint density at radius 1 is 1.11 bits per heavy atom. The highest BCUT2D eigenvalue weighted by Gasteiger charge is 2.16. The van der Waals surface area contributed by atoms with Gasteiger partial charge in [-0.1, -0.05) is 44.0 Å². The molecule has 100 valence electrons. The zero-order valence-corrected chi connectivity index (χ0v) is 13.8. The molecule has 0 saturated heterocycles. The first-order chi connectivity index (χ1) is 9.02. The molecule has 1 nitrogen and oxygen atoms in total. The maximum atomic E-state index is 13.4. The van der Waals surface area contributed by atoms with E-state index in [2.05, 4.69) is 43.2 Å². The molecule has 0 aliphatic carbocycles. The van der Waals surface area contributed by atoms with Gasteiger partial charge in [0, 0.05) is 8.95 Å². The predicted molar refractivity (Wildman–Crippen MR) is 83.9 cm³/mol. The Morgan fingerprint density at radius 2 is 1.84 bits per heavy atom. The molecule has 0 spiro atoms. The van der Waals surface area contributed by atoms with Crippen molar-refractivity contribution in [2.45, 2.75) is 13.0 Å².